The van der Waals surface area contributed by atoms with E-state index in [1.54, 1.807) is 7.11 Å². The fourth-order valence-electron chi connectivity index (χ4n) is 4.88. The molecule has 2 aromatic rings. The van der Waals surface area contributed by atoms with Crippen molar-refractivity contribution in [2.45, 2.75) is 44.6 Å². The van der Waals surface area contributed by atoms with Crippen LogP contribution in [-0.4, -0.2) is 43.0 Å². The number of carboxylic acid groups (broad SMARTS) is 1. The number of fused-ring (bicyclic) bond motifs is 1. The number of unbranched alkanes of at least 4 members (excludes halogenated alkanes) is 3. The Kier molecular flexibility index (Phi) is 6.66. The molecule has 1 fully saturated rings. The molecule has 4 rings (SSSR count). The van der Waals surface area contributed by atoms with Gasteiger partial charge in [0.2, 0.25) is 6.79 Å². The molecule has 2 heterocycles. The molecule has 1 N–H and O–H groups in total. The summed E-state index contributed by atoms with van der Waals surface area (Å²) >= 11 is 0. The van der Waals surface area contributed by atoms with Crippen LogP contribution in [0, 0.1) is 5.92 Å². The average Bonchev–Trinajstić information content (AvgIpc) is 3.41. The Balaban J connectivity index is 1.66. The molecule has 2 aromatic carbocycles. The summed E-state index contributed by atoms with van der Waals surface area (Å²) in [5.74, 6) is 0.765. The van der Waals surface area contributed by atoms with Crippen molar-refractivity contribution >= 4 is 5.97 Å². The van der Waals surface area contributed by atoms with Crippen LogP contribution in [0.2, 0.25) is 0 Å². The zero-order valence-corrected chi connectivity index (χ0v) is 18.3. The van der Waals surface area contributed by atoms with E-state index >= 15 is 0 Å². The van der Waals surface area contributed by atoms with E-state index in [-0.39, 0.29) is 18.8 Å². The summed E-state index contributed by atoms with van der Waals surface area (Å²) in [5.41, 5.74) is 2.01. The lowest BCUT2D eigenvalue weighted by Crippen LogP contribution is -2.29. The lowest BCUT2D eigenvalue weighted by molar-refractivity contribution is -0.143. The molecule has 2 aliphatic rings. The van der Waals surface area contributed by atoms with Crippen molar-refractivity contribution in [3.05, 3.63) is 53.6 Å². The van der Waals surface area contributed by atoms with E-state index in [1.165, 1.54) is 12.8 Å². The SMILES string of the molecule is CCCCCCN1CC(c2ccc3c(c2)OCO3)C(C(=O)O)C1c1ccc(OC)cc1. The highest BCUT2D eigenvalue weighted by Gasteiger charge is 2.47. The largest absolute Gasteiger partial charge is 0.497 e. The zero-order valence-electron chi connectivity index (χ0n) is 18.3. The Morgan fingerprint density at radius 1 is 1.06 bits per heavy atom. The van der Waals surface area contributed by atoms with Gasteiger partial charge in [0.1, 0.15) is 5.75 Å². The van der Waals surface area contributed by atoms with Gasteiger partial charge in [0.05, 0.1) is 13.0 Å². The number of methoxy groups -OCH3 is 1. The van der Waals surface area contributed by atoms with Gasteiger partial charge in [0, 0.05) is 18.5 Å². The van der Waals surface area contributed by atoms with Crippen LogP contribution in [0.1, 0.15) is 55.7 Å². The number of carboxylic acids is 1. The Labute approximate surface area is 183 Å². The standard InChI is InChI=1S/C25H31NO5/c1-3-4-5-6-13-26-15-20(18-9-12-21-22(14-18)31-16-30-21)23(25(27)28)24(26)17-7-10-19(29-2)11-8-17/h7-12,14,20,23-24H,3-6,13,15-16H2,1-2H3,(H,27,28). The van der Waals surface area contributed by atoms with Crippen LogP contribution in [0.4, 0.5) is 0 Å². The first-order valence-electron chi connectivity index (χ1n) is 11.1. The summed E-state index contributed by atoms with van der Waals surface area (Å²) in [7, 11) is 1.64. The van der Waals surface area contributed by atoms with Gasteiger partial charge in [-0.05, 0) is 48.4 Å². The van der Waals surface area contributed by atoms with Gasteiger partial charge in [-0.25, -0.2) is 0 Å². The third-order valence-corrected chi connectivity index (χ3v) is 6.46. The third-order valence-electron chi connectivity index (χ3n) is 6.46. The van der Waals surface area contributed by atoms with Gasteiger partial charge in [-0.3, -0.25) is 9.69 Å². The first kappa shape index (κ1) is 21.5. The lowest BCUT2D eigenvalue weighted by Gasteiger charge is -2.27. The molecule has 0 aromatic heterocycles. The molecule has 6 nitrogen and oxygen atoms in total. The quantitative estimate of drug-likeness (QED) is 0.580. The van der Waals surface area contributed by atoms with E-state index in [1.807, 2.05) is 42.5 Å². The predicted octanol–water partition coefficient (Wildman–Crippen LogP) is 4.85. The smallest absolute Gasteiger partial charge is 0.309 e. The monoisotopic (exact) mass is 425 g/mol. The number of carbonyl (C=O) groups is 1. The maximum absolute atomic E-state index is 12.5. The number of nitrogens with zero attached hydrogens (tertiary/aromatic N) is 1. The Morgan fingerprint density at radius 3 is 2.52 bits per heavy atom. The first-order chi connectivity index (χ1) is 15.1. The highest BCUT2D eigenvalue weighted by molar-refractivity contribution is 5.74. The van der Waals surface area contributed by atoms with E-state index in [4.69, 9.17) is 14.2 Å². The van der Waals surface area contributed by atoms with Crippen molar-refractivity contribution in [3.8, 4) is 17.2 Å². The van der Waals surface area contributed by atoms with Crippen LogP contribution in [0.3, 0.4) is 0 Å². The van der Waals surface area contributed by atoms with E-state index < -0.39 is 11.9 Å². The van der Waals surface area contributed by atoms with Gasteiger partial charge in [-0.1, -0.05) is 44.4 Å². The fraction of sp³-hybridized carbons (Fsp3) is 0.480. The summed E-state index contributed by atoms with van der Waals surface area (Å²) in [4.78, 5) is 14.9. The van der Waals surface area contributed by atoms with Gasteiger partial charge in [-0.15, -0.1) is 0 Å². The fourth-order valence-corrected chi connectivity index (χ4v) is 4.88. The second-order valence-corrected chi connectivity index (χ2v) is 8.36. The lowest BCUT2D eigenvalue weighted by atomic mass is 9.82. The van der Waals surface area contributed by atoms with E-state index in [9.17, 15) is 9.90 Å². The van der Waals surface area contributed by atoms with Gasteiger partial charge < -0.3 is 19.3 Å². The molecule has 3 unspecified atom stereocenters. The van der Waals surface area contributed by atoms with Crippen LogP contribution in [-0.2, 0) is 4.79 Å². The first-order valence-corrected chi connectivity index (χ1v) is 11.1. The normalized spacial score (nSPS) is 22.6. The number of hydrogen-bond donors (Lipinski definition) is 1. The minimum absolute atomic E-state index is 0.120. The Hall–Kier alpha value is -2.73. The molecule has 1 saturated heterocycles. The summed E-state index contributed by atoms with van der Waals surface area (Å²) in [6.07, 6.45) is 4.62. The summed E-state index contributed by atoms with van der Waals surface area (Å²) in [5, 5.41) is 10.3. The van der Waals surface area contributed by atoms with Crippen LogP contribution in [0.25, 0.3) is 0 Å². The van der Waals surface area contributed by atoms with Gasteiger partial charge in [0.15, 0.2) is 11.5 Å². The van der Waals surface area contributed by atoms with Crippen LogP contribution >= 0.6 is 0 Å². The minimum atomic E-state index is -0.764. The molecule has 6 heteroatoms. The summed E-state index contributed by atoms with van der Waals surface area (Å²) < 4.78 is 16.3. The molecular formula is C25H31NO5. The molecule has 0 radical (unpaired) electrons. The van der Waals surface area contributed by atoms with Crippen LogP contribution < -0.4 is 14.2 Å². The van der Waals surface area contributed by atoms with E-state index in [2.05, 4.69) is 11.8 Å². The molecule has 0 amide bonds. The number of benzene rings is 2. The molecule has 0 spiro atoms. The van der Waals surface area contributed by atoms with Crippen molar-refractivity contribution in [1.29, 1.82) is 0 Å². The summed E-state index contributed by atoms with van der Waals surface area (Å²) in [6.45, 7) is 4.01. The van der Waals surface area contributed by atoms with Crippen molar-refractivity contribution < 1.29 is 24.1 Å². The number of ether oxygens (including phenoxy) is 3. The molecule has 166 valence electrons. The minimum Gasteiger partial charge on any atom is -0.497 e. The highest BCUT2D eigenvalue weighted by Crippen LogP contribution is 2.47. The highest BCUT2D eigenvalue weighted by atomic mass is 16.7. The molecule has 2 aliphatic heterocycles. The topological polar surface area (TPSA) is 68.2 Å². The van der Waals surface area contributed by atoms with Gasteiger partial charge in [0.25, 0.3) is 0 Å². The Bertz CT molecular complexity index is 897. The molecule has 0 aliphatic carbocycles. The molecule has 0 bridgehead atoms. The van der Waals surface area contributed by atoms with Gasteiger partial charge >= 0.3 is 5.97 Å². The van der Waals surface area contributed by atoms with Crippen molar-refractivity contribution in [3.63, 3.8) is 0 Å². The summed E-state index contributed by atoms with van der Waals surface area (Å²) in [6, 6.07) is 13.5. The molecular weight excluding hydrogens is 394 g/mol. The number of hydrogen-bond acceptors (Lipinski definition) is 5. The average molecular weight is 426 g/mol. The predicted molar refractivity (Wildman–Crippen MR) is 118 cm³/mol. The maximum Gasteiger partial charge on any atom is 0.309 e. The molecule has 31 heavy (non-hydrogen) atoms. The maximum atomic E-state index is 12.5. The van der Waals surface area contributed by atoms with E-state index in [0.29, 0.717) is 12.3 Å². The van der Waals surface area contributed by atoms with Gasteiger partial charge in [-0.2, -0.15) is 0 Å². The van der Waals surface area contributed by atoms with E-state index in [0.717, 1.165) is 42.0 Å². The van der Waals surface area contributed by atoms with Crippen molar-refractivity contribution in [2.24, 2.45) is 5.92 Å². The van der Waals surface area contributed by atoms with Crippen molar-refractivity contribution in [1.82, 2.24) is 4.90 Å². The molecule has 3 atom stereocenters. The second-order valence-electron chi connectivity index (χ2n) is 8.36. The number of aliphatic carboxylic acids is 1. The Morgan fingerprint density at radius 2 is 1.81 bits per heavy atom. The number of likely N-dealkylation sites (tertiary alicyclic amines) is 1. The second kappa shape index (κ2) is 9.60. The number of rotatable bonds is 9. The van der Waals surface area contributed by atoms with Crippen LogP contribution in [0.5, 0.6) is 17.2 Å². The zero-order chi connectivity index (χ0) is 21.8. The molecule has 0 saturated carbocycles. The van der Waals surface area contributed by atoms with Crippen molar-refractivity contribution in [2.75, 3.05) is 27.0 Å². The van der Waals surface area contributed by atoms with Crippen LogP contribution in [0.15, 0.2) is 42.5 Å². The third kappa shape index (κ3) is 4.49.